The number of ether oxygens (including phenoxy) is 3. The Balaban J connectivity index is 1.99. The predicted octanol–water partition coefficient (Wildman–Crippen LogP) is 1.87. The van der Waals surface area contributed by atoms with E-state index in [0.29, 0.717) is 6.61 Å². The standard InChI is InChI=1S/C13H22O4S/c1-15-12(16-2)11(14)10-3-6-17-13(9-10)4-7-18-8-5-13/h10,12H,3-9H2,1-2H3. The summed E-state index contributed by atoms with van der Waals surface area (Å²) in [5, 5.41) is 0. The molecular formula is C13H22O4S. The molecule has 0 amide bonds. The number of thioether (sulfide) groups is 1. The smallest absolute Gasteiger partial charge is 0.217 e. The first-order chi connectivity index (χ1) is 8.71. The molecule has 0 aromatic heterocycles. The minimum Gasteiger partial charge on any atom is -0.375 e. The van der Waals surface area contributed by atoms with E-state index in [0.717, 1.165) is 37.2 Å². The second-order valence-corrected chi connectivity index (χ2v) is 6.26. The Bertz CT molecular complexity index is 279. The van der Waals surface area contributed by atoms with Crippen molar-refractivity contribution in [2.24, 2.45) is 5.92 Å². The molecule has 5 heteroatoms. The number of hydrogen-bond acceptors (Lipinski definition) is 5. The van der Waals surface area contributed by atoms with Gasteiger partial charge >= 0.3 is 0 Å². The van der Waals surface area contributed by atoms with Crippen LogP contribution in [0.15, 0.2) is 0 Å². The summed E-state index contributed by atoms with van der Waals surface area (Å²) in [4.78, 5) is 12.3. The van der Waals surface area contributed by atoms with E-state index in [4.69, 9.17) is 14.2 Å². The molecule has 2 heterocycles. The van der Waals surface area contributed by atoms with Crippen LogP contribution in [0, 0.1) is 5.92 Å². The highest BCUT2D eigenvalue weighted by Crippen LogP contribution is 2.40. The summed E-state index contributed by atoms with van der Waals surface area (Å²) in [5.74, 6) is 2.37. The molecule has 0 N–H and O–H groups in total. The zero-order valence-electron chi connectivity index (χ0n) is 11.1. The lowest BCUT2D eigenvalue weighted by molar-refractivity contribution is -0.170. The molecule has 2 rings (SSSR count). The molecule has 0 aromatic carbocycles. The molecule has 1 unspecified atom stereocenters. The van der Waals surface area contributed by atoms with Crippen molar-refractivity contribution < 1.29 is 19.0 Å². The zero-order valence-corrected chi connectivity index (χ0v) is 12.0. The molecule has 1 atom stereocenters. The third-order valence-electron chi connectivity index (χ3n) is 3.96. The van der Waals surface area contributed by atoms with Gasteiger partial charge in [0.1, 0.15) is 0 Å². The van der Waals surface area contributed by atoms with Gasteiger partial charge in [0.2, 0.25) is 6.29 Å². The van der Waals surface area contributed by atoms with Crippen molar-refractivity contribution in [3.8, 4) is 0 Å². The fourth-order valence-corrected chi connectivity index (χ4v) is 4.12. The molecule has 1 spiro atoms. The number of carbonyl (C=O) groups is 1. The van der Waals surface area contributed by atoms with Gasteiger partial charge in [0, 0.05) is 26.7 Å². The highest BCUT2D eigenvalue weighted by molar-refractivity contribution is 7.99. The Labute approximate surface area is 113 Å². The summed E-state index contributed by atoms with van der Waals surface area (Å²) in [6.07, 6.45) is 3.02. The van der Waals surface area contributed by atoms with Crippen molar-refractivity contribution >= 4 is 17.5 Å². The van der Waals surface area contributed by atoms with Gasteiger partial charge in [0.05, 0.1) is 5.60 Å². The second-order valence-electron chi connectivity index (χ2n) is 5.04. The van der Waals surface area contributed by atoms with Crippen molar-refractivity contribution in [2.45, 2.75) is 37.6 Å². The first kappa shape index (κ1) is 14.3. The van der Waals surface area contributed by atoms with Crippen LogP contribution in [-0.4, -0.2) is 50.0 Å². The van der Waals surface area contributed by atoms with Crippen molar-refractivity contribution in [1.82, 2.24) is 0 Å². The largest absolute Gasteiger partial charge is 0.375 e. The molecular weight excluding hydrogens is 252 g/mol. The maximum Gasteiger partial charge on any atom is 0.217 e. The number of rotatable bonds is 4. The van der Waals surface area contributed by atoms with E-state index in [2.05, 4.69) is 0 Å². The molecule has 2 aliphatic rings. The Morgan fingerprint density at radius 2 is 2.00 bits per heavy atom. The maximum atomic E-state index is 12.3. The van der Waals surface area contributed by atoms with Gasteiger partial charge in [0.25, 0.3) is 0 Å². The third kappa shape index (κ3) is 3.07. The Morgan fingerprint density at radius 3 is 2.61 bits per heavy atom. The van der Waals surface area contributed by atoms with Gasteiger partial charge in [-0.3, -0.25) is 4.79 Å². The normalized spacial score (nSPS) is 27.6. The van der Waals surface area contributed by atoms with E-state index in [1.54, 1.807) is 0 Å². The number of Topliss-reactive ketones (excluding diaryl/α,β-unsaturated/α-hetero) is 1. The van der Waals surface area contributed by atoms with Gasteiger partial charge in [-0.15, -0.1) is 0 Å². The van der Waals surface area contributed by atoms with Crippen molar-refractivity contribution in [2.75, 3.05) is 32.3 Å². The molecule has 0 aromatic rings. The molecule has 0 aliphatic carbocycles. The predicted molar refractivity (Wildman–Crippen MR) is 70.8 cm³/mol. The SMILES string of the molecule is COC(OC)C(=O)C1CCOC2(CCSCC2)C1. The van der Waals surface area contributed by atoms with E-state index in [1.807, 2.05) is 11.8 Å². The molecule has 4 nitrogen and oxygen atoms in total. The first-order valence-electron chi connectivity index (χ1n) is 6.52. The Kier molecular flexibility index (Phi) is 5.06. The lowest BCUT2D eigenvalue weighted by Gasteiger charge is -2.43. The van der Waals surface area contributed by atoms with Gasteiger partial charge in [-0.05, 0) is 37.2 Å². The summed E-state index contributed by atoms with van der Waals surface area (Å²) < 4.78 is 16.1. The van der Waals surface area contributed by atoms with E-state index in [-0.39, 0.29) is 17.3 Å². The molecule has 104 valence electrons. The fraction of sp³-hybridized carbons (Fsp3) is 0.923. The molecule has 0 saturated carbocycles. The lowest BCUT2D eigenvalue weighted by Crippen LogP contribution is -2.46. The minimum atomic E-state index is -0.719. The minimum absolute atomic E-state index is 0.0201. The average Bonchev–Trinajstić information content (AvgIpc) is 2.41. The monoisotopic (exact) mass is 274 g/mol. The van der Waals surface area contributed by atoms with E-state index < -0.39 is 6.29 Å². The van der Waals surface area contributed by atoms with Crippen LogP contribution in [0.2, 0.25) is 0 Å². The van der Waals surface area contributed by atoms with Crippen LogP contribution in [0.5, 0.6) is 0 Å². The van der Waals surface area contributed by atoms with Gasteiger partial charge in [0.15, 0.2) is 5.78 Å². The van der Waals surface area contributed by atoms with Crippen LogP contribution in [0.4, 0.5) is 0 Å². The number of ketones is 1. The second kappa shape index (κ2) is 6.37. The van der Waals surface area contributed by atoms with Crippen LogP contribution >= 0.6 is 11.8 Å². The molecule has 2 aliphatic heterocycles. The third-order valence-corrected chi connectivity index (χ3v) is 4.95. The molecule has 2 fully saturated rings. The summed E-state index contributed by atoms with van der Waals surface area (Å²) in [6.45, 7) is 0.682. The number of carbonyl (C=O) groups excluding carboxylic acids is 1. The van der Waals surface area contributed by atoms with Gasteiger partial charge in [-0.1, -0.05) is 0 Å². The number of methoxy groups -OCH3 is 2. The Hall–Kier alpha value is -0.100. The van der Waals surface area contributed by atoms with Gasteiger partial charge < -0.3 is 14.2 Å². The fourth-order valence-electron chi connectivity index (χ4n) is 2.88. The van der Waals surface area contributed by atoms with Crippen LogP contribution in [-0.2, 0) is 19.0 Å². The highest BCUT2D eigenvalue weighted by Gasteiger charge is 2.42. The van der Waals surface area contributed by atoms with Gasteiger partial charge in [-0.25, -0.2) is 0 Å². The van der Waals surface area contributed by atoms with Crippen LogP contribution in [0.25, 0.3) is 0 Å². The van der Waals surface area contributed by atoms with Crippen LogP contribution < -0.4 is 0 Å². The quantitative estimate of drug-likeness (QED) is 0.732. The topological polar surface area (TPSA) is 44.8 Å². The average molecular weight is 274 g/mol. The van der Waals surface area contributed by atoms with E-state index in [9.17, 15) is 4.79 Å². The molecule has 18 heavy (non-hydrogen) atoms. The Morgan fingerprint density at radius 1 is 1.33 bits per heavy atom. The first-order valence-corrected chi connectivity index (χ1v) is 7.67. The van der Waals surface area contributed by atoms with Crippen molar-refractivity contribution in [3.05, 3.63) is 0 Å². The summed E-state index contributed by atoms with van der Waals surface area (Å²) >= 11 is 1.97. The maximum absolute atomic E-state index is 12.3. The summed E-state index contributed by atoms with van der Waals surface area (Å²) in [5.41, 5.74) is -0.0597. The molecule has 0 bridgehead atoms. The van der Waals surface area contributed by atoms with E-state index in [1.165, 1.54) is 14.2 Å². The molecule has 2 saturated heterocycles. The van der Waals surface area contributed by atoms with Crippen LogP contribution in [0.1, 0.15) is 25.7 Å². The highest BCUT2D eigenvalue weighted by atomic mass is 32.2. The molecule has 0 radical (unpaired) electrons. The van der Waals surface area contributed by atoms with Crippen LogP contribution in [0.3, 0.4) is 0 Å². The van der Waals surface area contributed by atoms with Gasteiger partial charge in [-0.2, -0.15) is 11.8 Å². The number of hydrogen-bond donors (Lipinski definition) is 0. The lowest BCUT2D eigenvalue weighted by atomic mass is 9.80. The summed E-state index contributed by atoms with van der Waals surface area (Å²) in [7, 11) is 3.02. The van der Waals surface area contributed by atoms with Crippen molar-refractivity contribution in [3.63, 3.8) is 0 Å². The summed E-state index contributed by atoms with van der Waals surface area (Å²) in [6, 6.07) is 0. The van der Waals surface area contributed by atoms with Crippen molar-refractivity contribution in [1.29, 1.82) is 0 Å². The van der Waals surface area contributed by atoms with E-state index >= 15 is 0 Å². The zero-order chi connectivity index (χ0) is 13.0.